The Morgan fingerprint density at radius 2 is 2.21 bits per heavy atom. The topological polar surface area (TPSA) is 87.5 Å². The van der Waals surface area contributed by atoms with Crippen molar-refractivity contribution in [1.29, 1.82) is 0 Å². The first-order chi connectivity index (χ1) is 11.5. The second-order valence-electron chi connectivity index (χ2n) is 6.10. The Kier molecular flexibility index (Phi) is 3.50. The summed E-state index contributed by atoms with van der Waals surface area (Å²) in [6.07, 6.45) is 0.413. The Morgan fingerprint density at radius 1 is 1.38 bits per heavy atom. The van der Waals surface area contributed by atoms with Crippen molar-refractivity contribution in [2.75, 3.05) is 18.9 Å². The summed E-state index contributed by atoms with van der Waals surface area (Å²) in [6, 6.07) is 6.34. The first kappa shape index (κ1) is 15.1. The molecular weight excluding hydrogens is 328 g/mol. The van der Waals surface area contributed by atoms with Gasteiger partial charge >= 0.3 is 0 Å². The number of nitrogens with one attached hydrogen (secondary N) is 2. The fraction of sp³-hybridized carbons (Fsp3) is 0.312. The lowest BCUT2D eigenvalue weighted by Crippen LogP contribution is -2.38. The highest BCUT2D eigenvalue weighted by Gasteiger charge is 2.33. The maximum Gasteiger partial charge on any atom is 0.269 e. The van der Waals surface area contributed by atoms with E-state index in [4.69, 9.17) is 0 Å². The minimum atomic E-state index is -0.456. The number of hydrogen-bond donors (Lipinski definition) is 2. The molecule has 8 heteroatoms. The minimum absolute atomic E-state index is 0.0152. The molecule has 3 heterocycles. The van der Waals surface area contributed by atoms with Gasteiger partial charge < -0.3 is 15.5 Å². The molecule has 1 aromatic heterocycles. The number of nitro benzene ring substituents is 1. The number of non-ortho nitro benzene ring substituents is 1. The predicted octanol–water partition coefficient (Wildman–Crippen LogP) is 2.50. The van der Waals surface area contributed by atoms with E-state index in [9.17, 15) is 14.9 Å². The van der Waals surface area contributed by atoms with E-state index >= 15 is 0 Å². The molecule has 7 nitrogen and oxygen atoms in total. The first-order valence-corrected chi connectivity index (χ1v) is 8.49. The van der Waals surface area contributed by atoms with Crippen molar-refractivity contribution < 1.29 is 9.72 Å². The molecule has 0 bridgehead atoms. The molecular formula is C16H16N4O3S. The molecule has 0 spiro atoms. The molecule has 0 aliphatic carbocycles. The lowest BCUT2D eigenvalue weighted by atomic mass is 10.0. The third-order valence-corrected chi connectivity index (χ3v) is 5.59. The van der Waals surface area contributed by atoms with Crippen molar-refractivity contribution in [2.45, 2.75) is 19.1 Å². The molecule has 2 aliphatic rings. The summed E-state index contributed by atoms with van der Waals surface area (Å²) in [5, 5.41) is 18.1. The maximum atomic E-state index is 12.6. The normalized spacial score (nSPS) is 19.9. The number of carbonyl (C=O) groups excluding carboxylic acids is 1. The van der Waals surface area contributed by atoms with Gasteiger partial charge in [-0.15, -0.1) is 11.3 Å². The van der Waals surface area contributed by atoms with E-state index in [1.807, 2.05) is 0 Å². The Hall–Kier alpha value is -2.45. The molecule has 4 rings (SSSR count). The van der Waals surface area contributed by atoms with Crippen LogP contribution in [0.1, 0.15) is 32.5 Å². The second kappa shape index (κ2) is 5.57. The molecule has 1 amide bonds. The lowest BCUT2D eigenvalue weighted by molar-refractivity contribution is -0.384. The van der Waals surface area contributed by atoms with Crippen LogP contribution in [0.5, 0.6) is 0 Å². The highest BCUT2D eigenvalue weighted by Crippen LogP contribution is 2.40. The van der Waals surface area contributed by atoms with Gasteiger partial charge in [-0.1, -0.05) is 12.1 Å². The molecule has 2 N–H and O–H groups in total. The van der Waals surface area contributed by atoms with Crippen LogP contribution in [0.15, 0.2) is 24.3 Å². The quantitative estimate of drug-likeness (QED) is 0.646. The summed E-state index contributed by atoms with van der Waals surface area (Å²) in [5.74, 6) is -0.109. The molecule has 2 aliphatic heterocycles. The number of rotatable bonds is 2. The molecule has 2 aromatic rings. The Morgan fingerprint density at radius 3 is 3.00 bits per heavy atom. The van der Waals surface area contributed by atoms with E-state index in [1.54, 1.807) is 23.5 Å². The summed E-state index contributed by atoms with van der Waals surface area (Å²) in [7, 11) is 2.07. The van der Waals surface area contributed by atoms with Gasteiger partial charge in [0.15, 0.2) is 0 Å². The van der Waals surface area contributed by atoms with Crippen molar-refractivity contribution in [3.05, 3.63) is 55.9 Å². The molecule has 0 saturated carbocycles. The van der Waals surface area contributed by atoms with Crippen molar-refractivity contribution in [3.63, 3.8) is 0 Å². The van der Waals surface area contributed by atoms with Gasteiger partial charge in [0.05, 0.1) is 10.5 Å². The monoisotopic (exact) mass is 344 g/mol. The van der Waals surface area contributed by atoms with E-state index in [1.165, 1.54) is 17.0 Å². The number of benzene rings is 1. The fourth-order valence-corrected chi connectivity index (χ4v) is 4.58. The predicted molar refractivity (Wildman–Crippen MR) is 91.3 cm³/mol. The van der Waals surface area contributed by atoms with Crippen LogP contribution in [0.4, 0.5) is 10.7 Å². The van der Waals surface area contributed by atoms with Crippen LogP contribution < -0.4 is 10.6 Å². The minimum Gasteiger partial charge on any atom is -0.353 e. The number of amides is 1. The van der Waals surface area contributed by atoms with Crippen molar-refractivity contribution >= 4 is 27.9 Å². The molecule has 24 heavy (non-hydrogen) atoms. The first-order valence-electron chi connectivity index (χ1n) is 7.68. The molecule has 1 aromatic carbocycles. The highest BCUT2D eigenvalue weighted by atomic mass is 32.1. The van der Waals surface area contributed by atoms with Crippen LogP contribution in [0.25, 0.3) is 0 Å². The van der Waals surface area contributed by atoms with Crippen molar-refractivity contribution in [3.8, 4) is 0 Å². The second-order valence-corrected chi connectivity index (χ2v) is 7.20. The van der Waals surface area contributed by atoms with Crippen LogP contribution in [0.3, 0.4) is 0 Å². The van der Waals surface area contributed by atoms with Crippen LogP contribution >= 0.6 is 11.3 Å². The van der Waals surface area contributed by atoms with Crippen molar-refractivity contribution in [2.24, 2.45) is 0 Å². The molecule has 1 atom stereocenters. The van der Waals surface area contributed by atoms with Gasteiger partial charge in [-0.3, -0.25) is 14.9 Å². The third kappa shape index (κ3) is 2.44. The van der Waals surface area contributed by atoms with E-state index in [0.717, 1.165) is 35.6 Å². The van der Waals surface area contributed by atoms with Gasteiger partial charge in [-0.25, -0.2) is 0 Å². The summed E-state index contributed by atoms with van der Waals surface area (Å²) in [6.45, 7) is 1.79. The zero-order chi connectivity index (χ0) is 16.8. The molecule has 0 fully saturated rings. The van der Waals surface area contributed by atoms with Crippen LogP contribution in [0.2, 0.25) is 0 Å². The highest BCUT2D eigenvalue weighted by molar-refractivity contribution is 7.16. The fourth-order valence-electron chi connectivity index (χ4n) is 3.23. The smallest absolute Gasteiger partial charge is 0.269 e. The summed E-state index contributed by atoms with van der Waals surface area (Å²) >= 11 is 1.61. The van der Waals surface area contributed by atoms with E-state index in [-0.39, 0.29) is 11.6 Å². The Balaban J connectivity index is 1.68. The van der Waals surface area contributed by atoms with Gasteiger partial charge in [0.2, 0.25) is 0 Å². The van der Waals surface area contributed by atoms with Crippen LogP contribution in [-0.2, 0) is 13.0 Å². The number of carbonyl (C=O) groups is 1. The van der Waals surface area contributed by atoms with Gasteiger partial charge in [0, 0.05) is 35.7 Å². The number of fused-ring (bicyclic) bond motifs is 3. The Bertz CT molecular complexity index is 848. The standard InChI is InChI=1S/C16H16N4O3S/c1-19-6-5-11-12(8-19)24-16-13(11)15(21)17-14(18-16)9-3-2-4-10(7-9)20(22)23/h2-4,7,14,18H,5-6,8H2,1H3,(H,17,21)/t14-/m1/s1. The van der Waals surface area contributed by atoms with E-state index in [0.29, 0.717) is 5.56 Å². The van der Waals surface area contributed by atoms with Crippen molar-refractivity contribution in [1.82, 2.24) is 10.2 Å². The molecule has 124 valence electrons. The summed E-state index contributed by atoms with van der Waals surface area (Å²) in [4.78, 5) is 26.6. The number of nitro groups is 1. The zero-order valence-electron chi connectivity index (χ0n) is 13.0. The summed E-state index contributed by atoms with van der Waals surface area (Å²) in [5.41, 5.74) is 2.56. The van der Waals surface area contributed by atoms with E-state index in [2.05, 4.69) is 22.6 Å². The number of hydrogen-bond acceptors (Lipinski definition) is 6. The largest absolute Gasteiger partial charge is 0.353 e. The van der Waals surface area contributed by atoms with Crippen LogP contribution in [-0.4, -0.2) is 29.3 Å². The van der Waals surface area contributed by atoms with Gasteiger partial charge in [-0.2, -0.15) is 0 Å². The zero-order valence-corrected chi connectivity index (χ0v) is 13.9. The number of likely N-dealkylation sites (N-methyl/N-ethyl adjacent to an activating group) is 1. The number of thiophene rings is 1. The average Bonchev–Trinajstić information content (AvgIpc) is 2.92. The molecule has 0 unspecified atom stereocenters. The van der Waals surface area contributed by atoms with Gasteiger partial charge in [0.25, 0.3) is 11.6 Å². The maximum absolute atomic E-state index is 12.6. The van der Waals surface area contributed by atoms with Crippen LogP contribution in [0, 0.1) is 10.1 Å². The third-order valence-electron chi connectivity index (χ3n) is 4.44. The summed E-state index contributed by atoms with van der Waals surface area (Å²) < 4.78 is 0. The van der Waals surface area contributed by atoms with E-state index < -0.39 is 11.1 Å². The van der Waals surface area contributed by atoms with Gasteiger partial charge in [0.1, 0.15) is 11.2 Å². The SMILES string of the molecule is CN1CCc2c(sc3c2C(=O)N[C@@H](c2cccc([N+](=O)[O-])c2)N3)C1. The number of anilines is 1. The average molecular weight is 344 g/mol. The molecule has 0 saturated heterocycles. The number of nitrogens with zero attached hydrogens (tertiary/aromatic N) is 2. The lowest BCUT2D eigenvalue weighted by Gasteiger charge is -2.27. The molecule has 0 radical (unpaired) electrons. The Labute approximate surface area is 142 Å². The van der Waals surface area contributed by atoms with Gasteiger partial charge in [-0.05, 0) is 19.0 Å².